The van der Waals surface area contributed by atoms with Crippen LogP contribution >= 0.6 is 11.6 Å². The van der Waals surface area contributed by atoms with Crippen molar-refractivity contribution in [1.82, 2.24) is 9.97 Å². The predicted molar refractivity (Wildman–Crippen MR) is 71.5 cm³/mol. The summed E-state index contributed by atoms with van der Waals surface area (Å²) in [5.41, 5.74) is 3.44. The molecule has 0 saturated carbocycles. The Labute approximate surface area is 110 Å². The average molecular weight is 262 g/mol. The molecule has 0 spiro atoms. The SMILES string of the molecule is CC(=O)Nc1ccc(-c2nc(Cl)ncc2C)cc1. The zero-order valence-corrected chi connectivity index (χ0v) is 10.8. The molecule has 0 unspecified atom stereocenters. The maximum Gasteiger partial charge on any atom is 0.222 e. The maximum atomic E-state index is 10.9. The van der Waals surface area contributed by atoms with Gasteiger partial charge in [0.1, 0.15) is 0 Å². The molecule has 0 fully saturated rings. The van der Waals surface area contributed by atoms with Crippen molar-refractivity contribution in [1.29, 1.82) is 0 Å². The summed E-state index contributed by atoms with van der Waals surface area (Å²) in [7, 11) is 0. The van der Waals surface area contributed by atoms with E-state index in [1.54, 1.807) is 6.20 Å². The number of rotatable bonds is 2. The van der Waals surface area contributed by atoms with Gasteiger partial charge in [0.2, 0.25) is 11.2 Å². The number of aryl methyl sites for hydroxylation is 1. The van der Waals surface area contributed by atoms with Gasteiger partial charge < -0.3 is 5.32 Å². The van der Waals surface area contributed by atoms with E-state index in [2.05, 4.69) is 15.3 Å². The van der Waals surface area contributed by atoms with Crippen LogP contribution in [-0.2, 0) is 4.79 Å². The van der Waals surface area contributed by atoms with Crippen LogP contribution in [0.25, 0.3) is 11.3 Å². The Morgan fingerprint density at radius 2 is 1.94 bits per heavy atom. The van der Waals surface area contributed by atoms with E-state index in [4.69, 9.17) is 11.6 Å². The highest BCUT2D eigenvalue weighted by Crippen LogP contribution is 2.23. The lowest BCUT2D eigenvalue weighted by Gasteiger charge is -2.06. The van der Waals surface area contributed by atoms with Gasteiger partial charge in [-0.05, 0) is 36.2 Å². The molecule has 2 rings (SSSR count). The average Bonchev–Trinajstić information content (AvgIpc) is 2.33. The first-order valence-electron chi connectivity index (χ1n) is 5.43. The highest BCUT2D eigenvalue weighted by molar-refractivity contribution is 6.28. The van der Waals surface area contributed by atoms with Gasteiger partial charge in [-0.1, -0.05) is 12.1 Å². The van der Waals surface area contributed by atoms with Gasteiger partial charge in [0.05, 0.1) is 5.69 Å². The lowest BCUT2D eigenvalue weighted by molar-refractivity contribution is -0.114. The molecule has 4 nitrogen and oxygen atoms in total. The first kappa shape index (κ1) is 12.5. The van der Waals surface area contributed by atoms with E-state index in [1.807, 2.05) is 31.2 Å². The fourth-order valence-electron chi connectivity index (χ4n) is 1.63. The smallest absolute Gasteiger partial charge is 0.222 e. The molecule has 18 heavy (non-hydrogen) atoms. The molecule has 1 heterocycles. The van der Waals surface area contributed by atoms with E-state index < -0.39 is 0 Å². The molecule has 0 radical (unpaired) electrons. The van der Waals surface area contributed by atoms with Crippen LogP contribution in [-0.4, -0.2) is 15.9 Å². The monoisotopic (exact) mass is 261 g/mol. The zero-order valence-electron chi connectivity index (χ0n) is 10.1. The highest BCUT2D eigenvalue weighted by atomic mass is 35.5. The van der Waals surface area contributed by atoms with E-state index >= 15 is 0 Å². The Kier molecular flexibility index (Phi) is 3.58. The van der Waals surface area contributed by atoms with Crippen molar-refractivity contribution in [2.45, 2.75) is 13.8 Å². The van der Waals surface area contributed by atoms with E-state index in [0.29, 0.717) is 0 Å². The van der Waals surface area contributed by atoms with Crippen LogP contribution in [0.1, 0.15) is 12.5 Å². The van der Waals surface area contributed by atoms with Crippen LogP contribution in [0.2, 0.25) is 5.28 Å². The van der Waals surface area contributed by atoms with Crippen LogP contribution in [0.3, 0.4) is 0 Å². The summed E-state index contributed by atoms with van der Waals surface area (Å²) in [5.74, 6) is -0.0935. The minimum absolute atomic E-state index is 0.0935. The van der Waals surface area contributed by atoms with Gasteiger partial charge in [-0.25, -0.2) is 9.97 Å². The van der Waals surface area contributed by atoms with E-state index in [0.717, 1.165) is 22.5 Å². The lowest BCUT2D eigenvalue weighted by Crippen LogP contribution is -2.05. The molecule has 1 aromatic carbocycles. The number of nitrogens with zero attached hydrogens (tertiary/aromatic N) is 2. The Bertz CT molecular complexity index is 581. The number of carbonyl (C=O) groups is 1. The van der Waals surface area contributed by atoms with E-state index in [-0.39, 0.29) is 11.2 Å². The molecule has 1 amide bonds. The number of nitrogens with one attached hydrogen (secondary N) is 1. The van der Waals surface area contributed by atoms with Crippen molar-refractivity contribution in [2.24, 2.45) is 0 Å². The van der Waals surface area contributed by atoms with Crippen LogP contribution in [0.4, 0.5) is 5.69 Å². The van der Waals surface area contributed by atoms with Crippen molar-refractivity contribution in [3.05, 3.63) is 41.3 Å². The molecule has 2 aromatic rings. The molecule has 0 aliphatic heterocycles. The maximum absolute atomic E-state index is 10.9. The molecule has 0 bridgehead atoms. The third-order valence-corrected chi connectivity index (χ3v) is 2.60. The fourth-order valence-corrected chi connectivity index (χ4v) is 1.76. The Morgan fingerprint density at radius 3 is 2.56 bits per heavy atom. The molecular weight excluding hydrogens is 250 g/mol. The number of aromatic nitrogens is 2. The van der Waals surface area contributed by atoms with E-state index in [9.17, 15) is 4.79 Å². The number of hydrogen-bond donors (Lipinski definition) is 1. The summed E-state index contributed by atoms with van der Waals surface area (Å²) in [5, 5.41) is 2.94. The largest absolute Gasteiger partial charge is 0.326 e. The topological polar surface area (TPSA) is 54.9 Å². The predicted octanol–water partition coefficient (Wildman–Crippen LogP) is 3.06. The summed E-state index contributed by atoms with van der Waals surface area (Å²) in [6.07, 6.45) is 1.69. The van der Waals surface area contributed by atoms with Crippen molar-refractivity contribution >= 4 is 23.2 Å². The van der Waals surface area contributed by atoms with Gasteiger partial charge in [-0.3, -0.25) is 4.79 Å². The molecular formula is C13H12ClN3O. The Balaban J connectivity index is 2.34. The Morgan fingerprint density at radius 1 is 1.28 bits per heavy atom. The second kappa shape index (κ2) is 5.14. The summed E-state index contributed by atoms with van der Waals surface area (Å²) in [6, 6.07) is 7.42. The molecule has 1 N–H and O–H groups in total. The first-order valence-corrected chi connectivity index (χ1v) is 5.81. The van der Waals surface area contributed by atoms with Crippen LogP contribution in [0.5, 0.6) is 0 Å². The number of amides is 1. The van der Waals surface area contributed by atoms with Crippen LogP contribution in [0.15, 0.2) is 30.5 Å². The lowest BCUT2D eigenvalue weighted by atomic mass is 10.1. The van der Waals surface area contributed by atoms with Crippen molar-refractivity contribution in [3.63, 3.8) is 0 Å². The van der Waals surface area contributed by atoms with Crippen molar-refractivity contribution < 1.29 is 4.79 Å². The molecule has 1 aromatic heterocycles. The minimum Gasteiger partial charge on any atom is -0.326 e. The number of hydrogen-bond acceptors (Lipinski definition) is 3. The number of benzene rings is 1. The van der Waals surface area contributed by atoms with Gasteiger partial charge in [0.25, 0.3) is 0 Å². The van der Waals surface area contributed by atoms with Gasteiger partial charge in [-0.15, -0.1) is 0 Å². The normalized spacial score (nSPS) is 10.2. The third-order valence-electron chi connectivity index (χ3n) is 2.42. The number of carbonyl (C=O) groups excluding carboxylic acids is 1. The second-order valence-electron chi connectivity index (χ2n) is 3.93. The summed E-state index contributed by atoms with van der Waals surface area (Å²) in [4.78, 5) is 19.0. The van der Waals surface area contributed by atoms with Crippen LogP contribution < -0.4 is 5.32 Å². The minimum atomic E-state index is -0.0935. The fraction of sp³-hybridized carbons (Fsp3) is 0.154. The van der Waals surface area contributed by atoms with Crippen molar-refractivity contribution in [2.75, 3.05) is 5.32 Å². The second-order valence-corrected chi connectivity index (χ2v) is 4.27. The molecule has 0 saturated heterocycles. The van der Waals surface area contributed by atoms with Crippen LogP contribution in [0, 0.1) is 6.92 Å². The summed E-state index contributed by atoms with van der Waals surface area (Å²) in [6.45, 7) is 3.40. The summed E-state index contributed by atoms with van der Waals surface area (Å²) >= 11 is 5.79. The highest BCUT2D eigenvalue weighted by Gasteiger charge is 2.05. The van der Waals surface area contributed by atoms with Gasteiger partial charge in [0, 0.05) is 24.4 Å². The standard InChI is InChI=1S/C13H12ClN3O/c1-8-7-15-13(14)17-12(8)10-3-5-11(6-4-10)16-9(2)18/h3-7H,1-2H3,(H,16,18). The molecule has 5 heteroatoms. The molecule has 0 aliphatic rings. The zero-order chi connectivity index (χ0) is 13.1. The van der Waals surface area contributed by atoms with E-state index in [1.165, 1.54) is 6.92 Å². The van der Waals surface area contributed by atoms with Gasteiger partial charge in [-0.2, -0.15) is 0 Å². The molecule has 92 valence electrons. The summed E-state index contributed by atoms with van der Waals surface area (Å²) < 4.78 is 0. The first-order chi connectivity index (χ1) is 8.56. The molecule has 0 aliphatic carbocycles. The van der Waals surface area contributed by atoms with Crippen molar-refractivity contribution in [3.8, 4) is 11.3 Å². The number of anilines is 1. The quantitative estimate of drug-likeness (QED) is 0.846. The molecule has 0 atom stereocenters. The van der Waals surface area contributed by atoms with Gasteiger partial charge >= 0.3 is 0 Å². The number of halogens is 1. The Hall–Kier alpha value is -1.94. The third kappa shape index (κ3) is 2.84. The van der Waals surface area contributed by atoms with Gasteiger partial charge in [0.15, 0.2) is 0 Å².